The van der Waals surface area contributed by atoms with Gasteiger partial charge in [0.2, 0.25) is 0 Å². The summed E-state index contributed by atoms with van der Waals surface area (Å²) in [5.74, 6) is -3.73. The van der Waals surface area contributed by atoms with Crippen molar-refractivity contribution in [3.8, 4) is 11.1 Å². The van der Waals surface area contributed by atoms with Crippen LogP contribution in [0, 0.1) is 11.8 Å². The van der Waals surface area contributed by atoms with Gasteiger partial charge in [-0.2, -0.15) is 0 Å². The molecule has 0 bridgehead atoms. The lowest BCUT2D eigenvalue weighted by molar-refractivity contribution is -0.153. The van der Waals surface area contributed by atoms with Crippen LogP contribution in [0.2, 0.25) is 0 Å². The van der Waals surface area contributed by atoms with Gasteiger partial charge in [0.15, 0.2) is 0 Å². The Labute approximate surface area is 167 Å². The zero-order valence-electron chi connectivity index (χ0n) is 15.9. The number of esters is 1. The van der Waals surface area contributed by atoms with Gasteiger partial charge in [0.05, 0.1) is 18.9 Å². The maximum absolute atomic E-state index is 12.6. The Morgan fingerprint density at radius 3 is 2.07 bits per heavy atom. The van der Waals surface area contributed by atoms with Crippen molar-refractivity contribution in [1.82, 2.24) is 4.90 Å². The predicted molar refractivity (Wildman–Crippen MR) is 103 cm³/mol. The van der Waals surface area contributed by atoms with Gasteiger partial charge in [-0.05, 0) is 22.3 Å². The number of nitrogens with zero attached hydrogens (tertiary/aromatic N) is 1. The van der Waals surface area contributed by atoms with Gasteiger partial charge in [0, 0.05) is 19.0 Å². The van der Waals surface area contributed by atoms with E-state index in [9.17, 15) is 19.5 Å². The molecule has 1 amide bonds. The first kappa shape index (κ1) is 19.0. The summed E-state index contributed by atoms with van der Waals surface area (Å²) < 4.78 is 10.2. The van der Waals surface area contributed by atoms with E-state index in [4.69, 9.17) is 4.74 Å². The summed E-state index contributed by atoms with van der Waals surface area (Å²) in [6.07, 6.45) is -0.621. The summed E-state index contributed by atoms with van der Waals surface area (Å²) in [6, 6.07) is 16.0. The molecular weight excluding hydrogens is 374 g/mol. The maximum Gasteiger partial charge on any atom is 0.409 e. The third kappa shape index (κ3) is 3.33. The number of likely N-dealkylation sites (tertiary alicyclic amines) is 1. The molecule has 1 N–H and O–H groups in total. The van der Waals surface area contributed by atoms with Crippen LogP contribution in [0.1, 0.15) is 17.0 Å². The molecule has 7 heteroatoms. The van der Waals surface area contributed by atoms with Crippen molar-refractivity contribution in [1.29, 1.82) is 0 Å². The first-order valence-electron chi connectivity index (χ1n) is 9.41. The van der Waals surface area contributed by atoms with E-state index in [0.717, 1.165) is 22.3 Å². The number of carboxylic acid groups (broad SMARTS) is 1. The second-order valence-corrected chi connectivity index (χ2v) is 7.28. The summed E-state index contributed by atoms with van der Waals surface area (Å²) in [5, 5.41) is 9.36. The largest absolute Gasteiger partial charge is 0.481 e. The van der Waals surface area contributed by atoms with E-state index < -0.39 is 29.9 Å². The average molecular weight is 395 g/mol. The lowest BCUT2D eigenvalue weighted by Crippen LogP contribution is -2.31. The standard InChI is InChI=1S/C22H21NO6/c1-28-21(26)18-11-23(10-17(18)20(24)25)22(27)29-12-19-15-8-4-2-6-13(15)14-7-3-5-9-16(14)19/h2-9,17-19H,10-12H2,1H3,(H,24,25)/t17-,18+/m0/s1. The SMILES string of the molecule is COC(=O)[C@@H]1CN(C(=O)OCC2c3ccccc3-c3ccccc32)C[C@@H]1C(=O)O. The van der Waals surface area contributed by atoms with Crippen LogP contribution >= 0.6 is 0 Å². The van der Waals surface area contributed by atoms with Gasteiger partial charge in [-0.1, -0.05) is 48.5 Å². The molecule has 1 aliphatic heterocycles. The normalized spacial score (nSPS) is 20.1. The molecule has 1 fully saturated rings. The zero-order chi connectivity index (χ0) is 20.5. The number of methoxy groups -OCH3 is 1. The van der Waals surface area contributed by atoms with Crippen LogP contribution in [0.4, 0.5) is 4.79 Å². The first-order valence-corrected chi connectivity index (χ1v) is 9.41. The molecule has 1 heterocycles. The third-order valence-electron chi connectivity index (χ3n) is 5.74. The van der Waals surface area contributed by atoms with Gasteiger partial charge in [0.25, 0.3) is 0 Å². The van der Waals surface area contributed by atoms with Crippen molar-refractivity contribution >= 4 is 18.0 Å². The first-order chi connectivity index (χ1) is 14.0. The van der Waals surface area contributed by atoms with E-state index in [-0.39, 0.29) is 25.6 Å². The predicted octanol–water partition coefficient (Wildman–Crippen LogP) is 2.74. The molecule has 0 aromatic heterocycles. The van der Waals surface area contributed by atoms with Gasteiger partial charge in [-0.15, -0.1) is 0 Å². The molecule has 7 nitrogen and oxygen atoms in total. The van der Waals surface area contributed by atoms with Crippen LogP contribution in [0.5, 0.6) is 0 Å². The van der Waals surface area contributed by atoms with Crippen LogP contribution in [0.25, 0.3) is 11.1 Å². The number of ether oxygens (including phenoxy) is 2. The van der Waals surface area contributed by atoms with Crippen molar-refractivity contribution < 1.29 is 29.0 Å². The molecule has 2 atom stereocenters. The molecule has 4 rings (SSSR count). The van der Waals surface area contributed by atoms with Crippen LogP contribution < -0.4 is 0 Å². The smallest absolute Gasteiger partial charge is 0.409 e. The van der Waals surface area contributed by atoms with E-state index in [1.807, 2.05) is 36.4 Å². The lowest BCUT2D eigenvalue weighted by Gasteiger charge is -2.19. The third-order valence-corrected chi connectivity index (χ3v) is 5.74. The number of hydrogen-bond acceptors (Lipinski definition) is 5. The molecule has 29 heavy (non-hydrogen) atoms. The zero-order valence-corrected chi connectivity index (χ0v) is 15.9. The average Bonchev–Trinajstić information content (AvgIpc) is 3.32. The molecule has 0 unspecified atom stereocenters. The highest BCUT2D eigenvalue weighted by Crippen LogP contribution is 2.44. The Morgan fingerprint density at radius 2 is 1.52 bits per heavy atom. The molecule has 1 saturated heterocycles. The van der Waals surface area contributed by atoms with Crippen molar-refractivity contribution in [2.45, 2.75) is 5.92 Å². The topological polar surface area (TPSA) is 93.1 Å². The molecule has 2 aromatic rings. The molecule has 2 aromatic carbocycles. The van der Waals surface area contributed by atoms with E-state index in [0.29, 0.717) is 0 Å². The minimum Gasteiger partial charge on any atom is -0.481 e. The summed E-state index contributed by atoms with van der Waals surface area (Å²) in [5.41, 5.74) is 4.45. The Kier molecular flexibility index (Phi) is 4.96. The molecule has 0 saturated carbocycles. The van der Waals surface area contributed by atoms with Crippen molar-refractivity contribution in [2.24, 2.45) is 11.8 Å². The summed E-state index contributed by atoms with van der Waals surface area (Å²) in [7, 11) is 1.21. The fourth-order valence-electron chi connectivity index (χ4n) is 4.28. The van der Waals surface area contributed by atoms with Crippen molar-refractivity contribution in [2.75, 3.05) is 26.8 Å². The number of fused-ring (bicyclic) bond motifs is 3. The number of rotatable bonds is 4. The minimum absolute atomic E-state index is 0.0275. The van der Waals surface area contributed by atoms with Crippen molar-refractivity contribution in [3.05, 3.63) is 59.7 Å². The van der Waals surface area contributed by atoms with Gasteiger partial charge >= 0.3 is 18.0 Å². The second kappa shape index (κ2) is 7.58. The summed E-state index contributed by atoms with van der Waals surface area (Å²) >= 11 is 0. The second-order valence-electron chi connectivity index (χ2n) is 7.28. The van der Waals surface area contributed by atoms with Crippen LogP contribution in [-0.2, 0) is 19.1 Å². The molecule has 2 aliphatic rings. The van der Waals surface area contributed by atoms with Crippen LogP contribution in [0.15, 0.2) is 48.5 Å². The van der Waals surface area contributed by atoms with E-state index in [1.165, 1.54) is 12.0 Å². The fraction of sp³-hybridized carbons (Fsp3) is 0.318. The van der Waals surface area contributed by atoms with Crippen LogP contribution in [0.3, 0.4) is 0 Å². The number of benzene rings is 2. The van der Waals surface area contributed by atoms with Crippen LogP contribution in [-0.4, -0.2) is 54.8 Å². The monoisotopic (exact) mass is 395 g/mol. The highest BCUT2D eigenvalue weighted by molar-refractivity contribution is 5.84. The molecule has 0 radical (unpaired) electrons. The number of carbonyl (C=O) groups is 3. The van der Waals surface area contributed by atoms with Gasteiger partial charge in [0.1, 0.15) is 6.61 Å². The van der Waals surface area contributed by atoms with Crippen molar-refractivity contribution in [3.63, 3.8) is 0 Å². The molecule has 1 aliphatic carbocycles. The number of hydrogen-bond donors (Lipinski definition) is 1. The van der Waals surface area contributed by atoms with Gasteiger partial charge in [-0.25, -0.2) is 4.79 Å². The Balaban J connectivity index is 1.48. The van der Waals surface area contributed by atoms with Gasteiger partial charge < -0.3 is 19.5 Å². The minimum atomic E-state index is -1.13. The lowest BCUT2D eigenvalue weighted by atomic mass is 9.97. The summed E-state index contributed by atoms with van der Waals surface area (Å²) in [6.45, 7) is 0.0378. The summed E-state index contributed by atoms with van der Waals surface area (Å²) in [4.78, 5) is 37.2. The Hall–Kier alpha value is -3.35. The number of amides is 1. The maximum atomic E-state index is 12.6. The van der Waals surface area contributed by atoms with E-state index in [2.05, 4.69) is 16.9 Å². The number of aliphatic carboxylic acids is 1. The Bertz CT molecular complexity index is 926. The highest BCUT2D eigenvalue weighted by Gasteiger charge is 2.45. The molecular formula is C22H21NO6. The number of carbonyl (C=O) groups excluding carboxylic acids is 2. The quantitative estimate of drug-likeness (QED) is 0.800. The fourth-order valence-corrected chi connectivity index (χ4v) is 4.28. The Morgan fingerprint density at radius 1 is 0.966 bits per heavy atom. The van der Waals surface area contributed by atoms with E-state index >= 15 is 0 Å². The molecule has 150 valence electrons. The van der Waals surface area contributed by atoms with Gasteiger partial charge in [-0.3, -0.25) is 9.59 Å². The number of carboxylic acids is 1. The highest BCUT2D eigenvalue weighted by atomic mass is 16.6. The molecule has 0 spiro atoms. The van der Waals surface area contributed by atoms with E-state index in [1.54, 1.807) is 0 Å².